The molecule has 1 N–H and O–H groups in total. The fraction of sp³-hybridized carbons (Fsp3) is 0.538. The van der Waals surface area contributed by atoms with E-state index in [1.54, 1.807) is 0 Å². The van der Waals surface area contributed by atoms with Crippen LogP contribution in [0.4, 0.5) is 0 Å². The first-order chi connectivity index (χ1) is 8.22. The Kier molecular flexibility index (Phi) is 5.26. The monoisotopic (exact) mass is 409 g/mol. The van der Waals surface area contributed by atoms with E-state index >= 15 is 0 Å². The lowest BCUT2D eigenvalue weighted by molar-refractivity contribution is 0.177. The van der Waals surface area contributed by atoms with Crippen LogP contribution in [-0.2, 0) is 4.74 Å². The first kappa shape index (κ1) is 13.8. The van der Waals surface area contributed by atoms with Crippen molar-refractivity contribution < 1.29 is 4.74 Å². The normalized spacial score (nSPS) is 21.7. The van der Waals surface area contributed by atoms with Crippen molar-refractivity contribution in [1.29, 1.82) is 0 Å². The van der Waals surface area contributed by atoms with Gasteiger partial charge in [-0.2, -0.15) is 0 Å². The van der Waals surface area contributed by atoms with E-state index < -0.39 is 0 Å². The Morgan fingerprint density at radius 1 is 1.59 bits per heavy atom. The molecule has 2 rings (SSSR count). The van der Waals surface area contributed by atoms with Crippen molar-refractivity contribution in [3.63, 3.8) is 0 Å². The Morgan fingerprint density at radius 2 is 2.41 bits per heavy atom. The molecule has 0 bridgehead atoms. The van der Waals surface area contributed by atoms with Crippen LogP contribution in [0.15, 0.2) is 22.7 Å². The molecule has 4 heteroatoms. The fourth-order valence-corrected chi connectivity index (χ4v) is 3.33. The second-order valence-electron chi connectivity index (χ2n) is 4.32. The zero-order valence-electron chi connectivity index (χ0n) is 9.88. The van der Waals surface area contributed by atoms with Crippen LogP contribution in [0.3, 0.4) is 0 Å². The van der Waals surface area contributed by atoms with E-state index in [4.69, 9.17) is 4.74 Å². The molecule has 94 valence electrons. The highest BCUT2D eigenvalue weighted by atomic mass is 127. The van der Waals surface area contributed by atoms with Gasteiger partial charge >= 0.3 is 0 Å². The predicted octanol–water partition coefficient (Wildman–Crippen LogP) is 3.74. The highest BCUT2D eigenvalue weighted by Crippen LogP contribution is 2.33. The molecule has 1 saturated heterocycles. The van der Waals surface area contributed by atoms with Gasteiger partial charge in [-0.05, 0) is 59.3 Å². The van der Waals surface area contributed by atoms with Gasteiger partial charge in [-0.25, -0.2) is 0 Å². The molecule has 0 amide bonds. The molecular weight excluding hydrogens is 393 g/mol. The summed E-state index contributed by atoms with van der Waals surface area (Å²) in [6.07, 6.45) is 1.15. The zero-order chi connectivity index (χ0) is 12.3. The highest BCUT2D eigenvalue weighted by molar-refractivity contribution is 14.1. The van der Waals surface area contributed by atoms with Crippen LogP contribution in [0.2, 0.25) is 0 Å². The number of hydrogen-bond acceptors (Lipinski definition) is 2. The summed E-state index contributed by atoms with van der Waals surface area (Å²) in [5.74, 6) is 0.587. The van der Waals surface area contributed by atoms with E-state index in [1.807, 2.05) is 0 Å². The van der Waals surface area contributed by atoms with Crippen LogP contribution < -0.4 is 5.32 Å². The summed E-state index contributed by atoms with van der Waals surface area (Å²) in [5, 5.41) is 3.60. The van der Waals surface area contributed by atoms with Crippen LogP contribution >= 0.6 is 38.5 Å². The number of benzene rings is 1. The second-order valence-corrected chi connectivity index (χ2v) is 6.42. The Morgan fingerprint density at radius 3 is 3.06 bits per heavy atom. The maximum absolute atomic E-state index is 5.52. The van der Waals surface area contributed by atoms with Gasteiger partial charge in [0.1, 0.15) is 0 Å². The summed E-state index contributed by atoms with van der Waals surface area (Å²) in [6, 6.07) is 6.92. The zero-order valence-corrected chi connectivity index (χ0v) is 13.6. The van der Waals surface area contributed by atoms with Gasteiger partial charge in [0.25, 0.3) is 0 Å². The van der Waals surface area contributed by atoms with E-state index in [0.29, 0.717) is 12.0 Å². The minimum Gasteiger partial charge on any atom is -0.381 e. The van der Waals surface area contributed by atoms with Crippen LogP contribution in [0.1, 0.15) is 24.9 Å². The van der Waals surface area contributed by atoms with Gasteiger partial charge in [0, 0.05) is 26.6 Å². The third kappa shape index (κ3) is 3.43. The van der Waals surface area contributed by atoms with E-state index in [-0.39, 0.29) is 0 Å². The molecule has 2 unspecified atom stereocenters. The summed E-state index contributed by atoms with van der Waals surface area (Å²) in [6.45, 7) is 4.91. The fourth-order valence-electron chi connectivity index (χ4n) is 2.32. The molecule has 1 aliphatic heterocycles. The lowest BCUT2D eigenvalue weighted by Crippen LogP contribution is -2.29. The van der Waals surface area contributed by atoms with Crippen molar-refractivity contribution >= 4 is 38.5 Å². The third-order valence-corrected chi connectivity index (χ3v) is 4.55. The molecule has 2 atom stereocenters. The van der Waals surface area contributed by atoms with Crippen LogP contribution in [0.5, 0.6) is 0 Å². The third-order valence-electron chi connectivity index (χ3n) is 3.15. The lowest BCUT2D eigenvalue weighted by atomic mass is 9.92. The minimum atomic E-state index is 0.395. The van der Waals surface area contributed by atoms with Gasteiger partial charge in [-0.3, -0.25) is 0 Å². The molecule has 0 aromatic heterocycles. The topological polar surface area (TPSA) is 21.3 Å². The molecule has 1 aliphatic rings. The molecule has 1 aromatic rings. The molecule has 1 fully saturated rings. The maximum Gasteiger partial charge on any atom is 0.0513 e. The van der Waals surface area contributed by atoms with Crippen molar-refractivity contribution in [2.24, 2.45) is 5.92 Å². The molecule has 0 saturated carbocycles. The Labute approximate surface area is 125 Å². The first-order valence-electron chi connectivity index (χ1n) is 5.98. The predicted molar refractivity (Wildman–Crippen MR) is 82.2 cm³/mol. The van der Waals surface area contributed by atoms with Crippen LogP contribution in [0, 0.1) is 9.49 Å². The molecule has 1 heterocycles. The van der Waals surface area contributed by atoms with E-state index in [9.17, 15) is 0 Å². The summed E-state index contributed by atoms with van der Waals surface area (Å²) in [5.41, 5.74) is 1.36. The molecular formula is C13H17BrINO. The Hall–Kier alpha value is 0.350. The Balaban J connectivity index is 2.27. The highest BCUT2D eigenvalue weighted by Gasteiger charge is 2.27. The molecule has 0 spiro atoms. The van der Waals surface area contributed by atoms with E-state index in [1.165, 1.54) is 13.6 Å². The number of nitrogens with one attached hydrogen (secondary N) is 1. The number of halogens is 2. The smallest absolute Gasteiger partial charge is 0.0513 e. The second kappa shape index (κ2) is 6.50. The molecule has 1 aromatic carbocycles. The van der Waals surface area contributed by atoms with Gasteiger partial charge in [0.15, 0.2) is 0 Å². The average Bonchev–Trinajstić information content (AvgIpc) is 2.83. The van der Waals surface area contributed by atoms with Crippen molar-refractivity contribution in [3.05, 3.63) is 31.8 Å². The Bertz CT molecular complexity index is 380. The van der Waals surface area contributed by atoms with Crippen LogP contribution in [0.25, 0.3) is 0 Å². The first-order valence-corrected chi connectivity index (χ1v) is 7.85. The van der Waals surface area contributed by atoms with Crippen molar-refractivity contribution in [2.75, 3.05) is 19.8 Å². The van der Waals surface area contributed by atoms with Gasteiger partial charge < -0.3 is 10.1 Å². The summed E-state index contributed by atoms with van der Waals surface area (Å²) >= 11 is 6.03. The largest absolute Gasteiger partial charge is 0.381 e. The SMILES string of the molecule is CCNC(c1cc(I)ccc1Br)C1CCOC1. The standard InChI is InChI=1S/C13H17BrINO/c1-2-16-13(9-5-6-17-8-9)11-7-10(15)3-4-12(11)14/h3-4,7,9,13,16H,2,5-6,8H2,1H3. The molecule has 17 heavy (non-hydrogen) atoms. The van der Waals surface area contributed by atoms with Crippen molar-refractivity contribution in [3.8, 4) is 0 Å². The molecule has 0 aliphatic carbocycles. The summed E-state index contributed by atoms with van der Waals surface area (Å²) in [7, 11) is 0. The lowest BCUT2D eigenvalue weighted by Gasteiger charge is -2.25. The van der Waals surface area contributed by atoms with Gasteiger partial charge in [-0.15, -0.1) is 0 Å². The minimum absolute atomic E-state index is 0.395. The number of rotatable bonds is 4. The van der Waals surface area contributed by atoms with Crippen molar-refractivity contribution in [2.45, 2.75) is 19.4 Å². The number of hydrogen-bond donors (Lipinski definition) is 1. The van der Waals surface area contributed by atoms with Gasteiger partial charge in [-0.1, -0.05) is 22.9 Å². The summed E-state index contributed by atoms with van der Waals surface area (Å²) < 4.78 is 7.99. The van der Waals surface area contributed by atoms with Gasteiger partial charge in [0.05, 0.1) is 6.61 Å². The molecule has 0 radical (unpaired) electrons. The maximum atomic E-state index is 5.52. The van der Waals surface area contributed by atoms with Crippen molar-refractivity contribution in [1.82, 2.24) is 5.32 Å². The summed E-state index contributed by atoms with van der Waals surface area (Å²) in [4.78, 5) is 0. The number of ether oxygens (including phenoxy) is 1. The molecule has 2 nitrogen and oxygen atoms in total. The average molecular weight is 410 g/mol. The van der Waals surface area contributed by atoms with E-state index in [0.717, 1.165) is 26.2 Å². The van der Waals surface area contributed by atoms with E-state index in [2.05, 4.69) is 69.0 Å². The van der Waals surface area contributed by atoms with Crippen LogP contribution in [-0.4, -0.2) is 19.8 Å². The van der Waals surface area contributed by atoms with Gasteiger partial charge in [0.2, 0.25) is 0 Å². The quantitative estimate of drug-likeness (QED) is 0.765.